The molecule has 0 amide bonds. The van der Waals surface area contributed by atoms with Gasteiger partial charge in [-0.05, 0) is 47.0 Å². The quantitative estimate of drug-likeness (QED) is 0.570. The Morgan fingerprint density at radius 3 is 3.00 bits per heavy atom. The van der Waals surface area contributed by atoms with Crippen molar-refractivity contribution < 1.29 is 19.0 Å². The van der Waals surface area contributed by atoms with Gasteiger partial charge in [-0.15, -0.1) is 0 Å². The highest BCUT2D eigenvalue weighted by atomic mass is 79.9. The normalized spacial score (nSPS) is 17.1. The minimum Gasteiger partial charge on any atom is -0.490 e. The van der Waals surface area contributed by atoms with Crippen molar-refractivity contribution in [2.75, 3.05) is 19.8 Å². The monoisotopic (exact) mass is 328 g/mol. The van der Waals surface area contributed by atoms with E-state index in [-0.39, 0.29) is 12.1 Å². The van der Waals surface area contributed by atoms with Crippen LogP contribution in [0.3, 0.4) is 0 Å². The number of halogens is 1. The lowest BCUT2D eigenvalue weighted by Gasteiger charge is -2.09. The van der Waals surface area contributed by atoms with Crippen LogP contribution >= 0.6 is 15.9 Å². The third kappa shape index (κ3) is 4.84. The summed E-state index contributed by atoms with van der Waals surface area (Å²) in [6, 6.07) is 5.86. The second-order valence-electron chi connectivity index (χ2n) is 4.34. The molecule has 1 atom stereocenters. The van der Waals surface area contributed by atoms with Crippen molar-refractivity contribution >= 4 is 21.9 Å². The van der Waals surface area contributed by atoms with Crippen LogP contribution in [0.2, 0.25) is 0 Å². The van der Waals surface area contributed by atoms with Gasteiger partial charge in [0, 0.05) is 6.42 Å². The first kappa shape index (κ1) is 14.3. The molecule has 0 saturated carbocycles. The fourth-order valence-electron chi connectivity index (χ4n) is 1.64. The zero-order chi connectivity index (χ0) is 13.7. The van der Waals surface area contributed by atoms with Gasteiger partial charge in [-0.1, -0.05) is 6.07 Å². The number of carbonyl (C=O) groups is 1. The predicted octanol–water partition coefficient (Wildman–Crippen LogP) is 2.72. The molecule has 1 aliphatic heterocycles. The van der Waals surface area contributed by atoms with Gasteiger partial charge < -0.3 is 14.2 Å². The molecule has 0 spiro atoms. The van der Waals surface area contributed by atoms with Crippen molar-refractivity contribution in [1.82, 2.24) is 0 Å². The molecule has 1 fully saturated rings. The van der Waals surface area contributed by atoms with Gasteiger partial charge in [0.15, 0.2) is 0 Å². The number of carbonyl (C=O) groups excluding carboxylic acids is 1. The Morgan fingerprint density at radius 1 is 1.53 bits per heavy atom. The summed E-state index contributed by atoms with van der Waals surface area (Å²) in [6.07, 6.45) is 1.28. The first-order valence-corrected chi connectivity index (χ1v) is 7.16. The number of aryl methyl sites for hydroxylation is 1. The largest absolute Gasteiger partial charge is 0.490 e. The standard InChI is InChI=1S/C14H17BrO4/c1-2-17-14(16)6-4-10-3-5-12(15)13(7-10)19-9-11-8-18-11/h3,5,7,11H,2,4,6,8-9H2,1H3/t11-/m1/s1. The van der Waals surface area contributed by atoms with Crippen molar-refractivity contribution in [1.29, 1.82) is 0 Å². The van der Waals surface area contributed by atoms with Gasteiger partial charge in [-0.3, -0.25) is 4.79 Å². The third-order valence-electron chi connectivity index (χ3n) is 2.75. The number of benzene rings is 1. The molecule has 1 saturated heterocycles. The minimum absolute atomic E-state index is 0.167. The average molecular weight is 329 g/mol. The van der Waals surface area contributed by atoms with Crippen LogP contribution in [0.25, 0.3) is 0 Å². The number of hydrogen-bond acceptors (Lipinski definition) is 4. The molecular weight excluding hydrogens is 312 g/mol. The van der Waals surface area contributed by atoms with Crippen molar-refractivity contribution in [2.24, 2.45) is 0 Å². The Balaban J connectivity index is 1.89. The Labute approximate surface area is 121 Å². The number of rotatable bonds is 7. The maximum atomic E-state index is 11.3. The van der Waals surface area contributed by atoms with E-state index in [9.17, 15) is 4.79 Å². The highest BCUT2D eigenvalue weighted by Crippen LogP contribution is 2.27. The fourth-order valence-corrected chi connectivity index (χ4v) is 2.00. The van der Waals surface area contributed by atoms with Crippen LogP contribution in [0.1, 0.15) is 18.9 Å². The van der Waals surface area contributed by atoms with Crippen LogP contribution in [-0.4, -0.2) is 31.9 Å². The Bertz CT molecular complexity index is 443. The first-order chi connectivity index (χ1) is 9.19. The van der Waals surface area contributed by atoms with Crippen LogP contribution in [-0.2, 0) is 20.7 Å². The summed E-state index contributed by atoms with van der Waals surface area (Å²) < 4.78 is 16.6. The molecule has 1 aliphatic rings. The lowest BCUT2D eigenvalue weighted by Crippen LogP contribution is -2.06. The van der Waals surface area contributed by atoms with Gasteiger partial charge in [0.2, 0.25) is 0 Å². The van der Waals surface area contributed by atoms with E-state index in [0.29, 0.717) is 26.1 Å². The first-order valence-electron chi connectivity index (χ1n) is 6.37. The van der Waals surface area contributed by atoms with Crippen LogP contribution in [0, 0.1) is 0 Å². The molecule has 0 bridgehead atoms. The van der Waals surface area contributed by atoms with Crippen molar-refractivity contribution in [3.63, 3.8) is 0 Å². The van der Waals surface area contributed by atoms with Crippen LogP contribution < -0.4 is 4.74 Å². The van der Waals surface area contributed by atoms with Gasteiger partial charge in [-0.25, -0.2) is 0 Å². The maximum absolute atomic E-state index is 11.3. The lowest BCUT2D eigenvalue weighted by molar-refractivity contribution is -0.143. The second-order valence-corrected chi connectivity index (χ2v) is 5.19. The SMILES string of the molecule is CCOC(=O)CCc1ccc(Br)c(OC[C@H]2CO2)c1. The molecule has 0 radical (unpaired) electrons. The summed E-state index contributed by atoms with van der Waals surface area (Å²) in [5.41, 5.74) is 1.06. The van der Waals surface area contributed by atoms with Gasteiger partial charge in [0.05, 0.1) is 17.7 Å². The van der Waals surface area contributed by atoms with E-state index in [2.05, 4.69) is 15.9 Å². The predicted molar refractivity (Wildman–Crippen MR) is 74.3 cm³/mol. The zero-order valence-corrected chi connectivity index (χ0v) is 12.4. The molecule has 4 nitrogen and oxygen atoms in total. The fraction of sp³-hybridized carbons (Fsp3) is 0.500. The van der Waals surface area contributed by atoms with Gasteiger partial charge in [0.1, 0.15) is 18.5 Å². The summed E-state index contributed by atoms with van der Waals surface area (Å²) in [5.74, 6) is 0.621. The smallest absolute Gasteiger partial charge is 0.306 e. The van der Waals surface area contributed by atoms with E-state index in [1.165, 1.54) is 0 Å². The molecule has 1 heterocycles. The molecule has 1 aromatic carbocycles. The van der Waals surface area contributed by atoms with Gasteiger partial charge in [0.25, 0.3) is 0 Å². The molecule has 0 aliphatic carbocycles. The number of hydrogen-bond donors (Lipinski definition) is 0. The number of ether oxygens (including phenoxy) is 3. The van der Waals surface area contributed by atoms with Crippen LogP contribution in [0.15, 0.2) is 22.7 Å². The van der Waals surface area contributed by atoms with E-state index < -0.39 is 0 Å². The molecule has 104 valence electrons. The molecule has 5 heteroatoms. The molecule has 19 heavy (non-hydrogen) atoms. The van der Waals surface area contributed by atoms with Gasteiger partial charge >= 0.3 is 5.97 Å². The van der Waals surface area contributed by atoms with Crippen molar-refractivity contribution in [3.05, 3.63) is 28.2 Å². The van der Waals surface area contributed by atoms with Crippen molar-refractivity contribution in [3.8, 4) is 5.75 Å². The summed E-state index contributed by atoms with van der Waals surface area (Å²) in [6.45, 7) is 3.58. The molecular formula is C14H17BrO4. The Morgan fingerprint density at radius 2 is 2.32 bits per heavy atom. The zero-order valence-electron chi connectivity index (χ0n) is 10.9. The van der Waals surface area contributed by atoms with E-state index in [1.807, 2.05) is 25.1 Å². The van der Waals surface area contributed by atoms with Gasteiger partial charge in [-0.2, -0.15) is 0 Å². The van der Waals surface area contributed by atoms with Crippen molar-refractivity contribution in [2.45, 2.75) is 25.9 Å². The average Bonchev–Trinajstić information content (AvgIpc) is 3.21. The summed E-state index contributed by atoms with van der Waals surface area (Å²) in [4.78, 5) is 11.3. The minimum atomic E-state index is -0.167. The van der Waals surface area contributed by atoms with Crippen LogP contribution in [0.5, 0.6) is 5.75 Å². The highest BCUT2D eigenvalue weighted by Gasteiger charge is 2.23. The maximum Gasteiger partial charge on any atom is 0.306 e. The summed E-state index contributed by atoms with van der Waals surface area (Å²) in [5, 5.41) is 0. The molecule has 2 rings (SSSR count). The van der Waals surface area contributed by atoms with E-state index in [1.54, 1.807) is 0 Å². The highest BCUT2D eigenvalue weighted by molar-refractivity contribution is 9.10. The van der Waals surface area contributed by atoms with E-state index in [0.717, 1.165) is 22.4 Å². The topological polar surface area (TPSA) is 48.1 Å². The van der Waals surface area contributed by atoms with E-state index >= 15 is 0 Å². The molecule has 0 unspecified atom stereocenters. The molecule has 1 aromatic rings. The third-order valence-corrected chi connectivity index (χ3v) is 3.40. The molecule has 0 N–H and O–H groups in total. The Kier molecular flexibility index (Phi) is 5.22. The number of esters is 1. The summed E-state index contributed by atoms with van der Waals surface area (Å²) in [7, 11) is 0. The van der Waals surface area contributed by atoms with Crippen LogP contribution in [0.4, 0.5) is 0 Å². The second kappa shape index (κ2) is 6.91. The Hall–Kier alpha value is -1.07. The molecule has 0 aromatic heterocycles. The van der Waals surface area contributed by atoms with E-state index in [4.69, 9.17) is 14.2 Å². The lowest BCUT2D eigenvalue weighted by atomic mass is 10.1. The summed E-state index contributed by atoms with van der Waals surface area (Å²) >= 11 is 3.45. The number of epoxide rings is 1.